The Morgan fingerprint density at radius 1 is 0.679 bits per heavy atom. The van der Waals surface area contributed by atoms with Gasteiger partial charge in [0.05, 0.1) is 13.2 Å². The van der Waals surface area contributed by atoms with Gasteiger partial charge in [0.1, 0.15) is 0 Å². The van der Waals surface area contributed by atoms with E-state index in [9.17, 15) is 0 Å². The summed E-state index contributed by atoms with van der Waals surface area (Å²) in [5.41, 5.74) is -0.383. The molecule has 1 aromatic heterocycles. The molecule has 0 radical (unpaired) electrons. The summed E-state index contributed by atoms with van der Waals surface area (Å²) in [5.74, 6) is 1.01. The molecule has 0 aliphatic carbocycles. The van der Waals surface area contributed by atoms with Crippen LogP contribution in [0.2, 0.25) is 0 Å². The van der Waals surface area contributed by atoms with E-state index in [-0.39, 0.29) is 56.9 Å². The van der Waals surface area contributed by atoms with Crippen molar-refractivity contribution in [2.45, 2.75) is 225 Å². The summed E-state index contributed by atoms with van der Waals surface area (Å²) >= 11 is 0. The molecule has 1 aromatic rings. The predicted octanol–water partition coefficient (Wildman–Crippen LogP) is 8.59. The van der Waals surface area contributed by atoms with Crippen LogP contribution in [0.15, 0.2) is 0 Å². The highest BCUT2D eigenvalue weighted by Crippen LogP contribution is 2.48. The van der Waals surface area contributed by atoms with Crippen molar-refractivity contribution in [3.63, 3.8) is 0 Å². The van der Waals surface area contributed by atoms with Crippen LogP contribution in [-0.4, -0.2) is 91.5 Å². The molecule has 0 spiro atoms. The Labute approximate surface area is 324 Å². The van der Waals surface area contributed by atoms with Gasteiger partial charge in [-0.3, -0.25) is 9.46 Å². The number of hydrogen-bond donors (Lipinski definition) is 3. The first kappa shape index (κ1) is 44.4. The zero-order valence-corrected chi connectivity index (χ0v) is 37.4. The van der Waals surface area contributed by atoms with E-state index in [2.05, 4.69) is 130 Å². The molecule has 3 fully saturated rings. The SMILES string of the molecule is CCCCCOP(=O)(OCCCCC)c1nc(NC2CC(C)(C)N(C)C(C)(C)C2)nc(N(C2CC(C)(C)NC(C)(C)C2)C2CC(C)(C)NC(C)(C)C2)n1. The number of likely N-dealkylation sites (tertiary alicyclic amines) is 1. The molecular weight excluding hydrogens is 683 g/mol. The number of nitrogens with one attached hydrogen (secondary N) is 3. The van der Waals surface area contributed by atoms with Gasteiger partial charge in [-0.05, 0) is 141 Å². The molecule has 0 atom stereocenters. The van der Waals surface area contributed by atoms with Crippen molar-refractivity contribution in [2.24, 2.45) is 0 Å². The molecule has 11 nitrogen and oxygen atoms in total. The van der Waals surface area contributed by atoms with E-state index in [0.29, 0.717) is 25.1 Å². The maximum Gasteiger partial charge on any atom is 0.398 e. The van der Waals surface area contributed by atoms with Crippen LogP contribution in [0, 0.1) is 0 Å². The van der Waals surface area contributed by atoms with Crippen molar-refractivity contribution in [2.75, 3.05) is 30.5 Å². The van der Waals surface area contributed by atoms with Gasteiger partial charge in [0, 0.05) is 51.4 Å². The number of piperidine rings is 3. The van der Waals surface area contributed by atoms with E-state index >= 15 is 4.57 Å². The Kier molecular flexibility index (Phi) is 13.9. The minimum absolute atomic E-state index is 0.0390. The first-order valence-corrected chi connectivity index (χ1v) is 22.4. The number of nitrogens with zero attached hydrogens (tertiary/aromatic N) is 5. The van der Waals surface area contributed by atoms with Gasteiger partial charge in [-0.2, -0.15) is 15.0 Å². The molecule has 4 heterocycles. The zero-order chi connectivity index (χ0) is 39.7. The lowest BCUT2D eigenvalue weighted by atomic mass is 9.75. The molecule has 0 unspecified atom stereocenters. The maximum atomic E-state index is 15.1. The summed E-state index contributed by atoms with van der Waals surface area (Å²) in [7, 11) is -1.68. The van der Waals surface area contributed by atoms with Crippen LogP contribution in [0.25, 0.3) is 0 Å². The number of rotatable bonds is 16. The van der Waals surface area contributed by atoms with E-state index in [1.165, 1.54) is 0 Å². The molecule has 53 heavy (non-hydrogen) atoms. The quantitative estimate of drug-likeness (QED) is 0.111. The summed E-state index contributed by atoms with van der Waals surface area (Å²) in [6.45, 7) is 32.6. The van der Waals surface area contributed by atoms with Crippen molar-refractivity contribution in [1.82, 2.24) is 30.5 Å². The predicted molar refractivity (Wildman–Crippen MR) is 222 cm³/mol. The summed E-state index contributed by atoms with van der Waals surface area (Å²) < 4.78 is 27.7. The summed E-state index contributed by atoms with van der Waals surface area (Å²) in [6.07, 6.45) is 11.2. The van der Waals surface area contributed by atoms with Crippen molar-refractivity contribution in [3.05, 3.63) is 0 Å². The van der Waals surface area contributed by atoms with E-state index in [1.54, 1.807) is 0 Å². The lowest BCUT2D eigenvalue weighted by molar-refractivity contribution is -0.00778. The highest BCUT2D eigenvalue weighted by molar-refractivity contribution is 7.61. The van der Waals surface area contributed by atoms with E-state index in [1.807, 2.05) is 0 Å². The fourth-order valence-electron chi connectivity index (χ4n) is 10.1. The monoisotopic (exact) mass is 763 g/mol. The molecule has 3 aliphatic heterocycles. The maximum absolute atomic E-state index is 15.1. The Balaban J connectivity index is 1.91. The van der Waals surface area contributed by atoms with Crippen molar-refractivity contribution >= 4 is 25.1 Å². The second-order valence-electron chi connectivity index (χ2n) is 20.6. The van der Waals surface area contributed by atoms with Crippen molar-refractivity contribution < 1.29 is 13.6 Å². The molecule has 3 N–H and O–H groups in total. The average molecular weight is 763 g/mol. The average Bonchev–Trinajstić information content (AvgIpc) is 2.97. The summed E-state index contributed by atoms with van der Waals surface area (Å²) in [6, 6.07) is 0.378. The van der Waals surface area contributed by atoms with Crippen molar-refractivity contribution in [3.8, 4) is 0 Å². The first-order valence-electron chi connectivity index (χ1n) is 20.8. The molecule has 306 valence electrons. The molecular formula is C41H79N8O3P. The molecule has 12 heteroatoms. The molecule has 0 saturated carbocycles. The van der Waals surface area contributed by atoms with Gasteiger partial charge in [0.15, 0.2) is 0 Å². The van der Waals surface area contributed by atoms with E-state index < -0.39 is 7.60 Å². The summed E-state index contributed by atoms with van der Waals surface area (Å²) in [5, 5.41) is 11.6. The van der Waals surface area contributed by atoms with Crippen molar-refractivity contribution in [1.29, 1.82) is 0 Å². The minimum atomic E-state index is -3.90. The largest absolute Gasteiger partial charge is 0.398 e. The third-order valence-corrected chi connectivity index (χ3v) is 13.6. The lowest BCUT2D eigenvalue weighted by Gasteiger charge is -2.55. The Morgan fingerprint density at radius 3 is 1.49 bits per heavy atom. The third-order valence-electron chi connectivity index (χ3n) is 11.9. The second-order valence-corrected chi connectivity index (χ2v) is 22.5. The van der Waals surface area contributed by atoms with Crippen LogP contribution in [0.5, 0.6) is 0 Å². The molecule has 4 rings (SSSR count). The molecule has 3 saturated heterocycles. The molecule has 0 bridgehead atoms. The van der Waals surface area contributed by atoms with Gasteiger partial charge >= 0.3 is 7.60 Å². The number of aromatic nitrogens is 3. The van der Waals surface area contributed by atoms with Crippen LogP contribution < -0.4 is 26.4 Å². The fourth-order valence-corrected chi connectivity index (χ4v) is 11.6. The number of hydrogen-bond acceptors (Lipinski definition) is 11. The van der Waals surface area contributed by atoms with Gasteiger partial charge in [-0.1, -0.05) is 39.5 Å². The van der Waals surface area contributed by atoms with Crippen LogP contribution in [0.1, 0.15) is 174 Å². The standard InChI is InChI=1S/C41H79N8O3P/c1-16-18-20-22-51-53(50,52-23-21-19-17-2)35-44-33(42-30-24-40(11,12)48(15)41(13,14)25-30)43-34(45-35)49(31-26-36(3,4)46-37(5,6)27-31)32-28-38(7,8)47-39(9,10)29-32/h30-32,46-47H,16-29H2,1-15H3,(H,42,43,44,45). The van der Waals surface area contributed by atoms with E-state index in [4.69, 9.17) is 24.0 Å². The van der Waals surface area contributed by atoms with E-state index in [0.717, 1.165) is 77.0 Å². The van der Waals surface area contributed by atoms with Crippen LogP contribution in [-0.2, 0) is 13.6 Å². The highest BCUT2D eigenvalue weighted by atomic mass is 31.2. The Bertz CT molecular complexity index is 1310. The van der Waals surface area contributed by atoms with Gasteiger partial charge in [0.25, 0.3) is 0 Å². The zero-order valence-electron chi connectivity index (χ0n) is 36.5. The lowest BCUT2D eigenvalue weighted by Crippen LogP contribution is -2.67. The molecule has 3 aliphatic rings. The molecule has 0 amide bonds. The van der Waals surface area contributed by atoms with Gasteiger partial charge in [0.2, 0.25) is 17.5 Å². The summed E-state index contributed by atoms with van der Waals surface area (Å²) in [4.78, 5) is 20.5. The Hall–Kier alpha value is -1.36. The topological polar surface area (TPSA) is 117 Å². The van der Waals surface area contributed by atoms with Crippen LogP contribution in [0.3, 0.4) is 0 Å². The third kappa shape index (κ3) is 11.8. The Morgan fingerprint density at radius 2 is 1.09 bits per heavy atom. The molecule has 0 aromatic carbocycles. The van der Waals surface area contributed by atoms with Gasteiger partial charge in [-0.25, -0.2) is 0 Å². The van der Waals surface area contributed by atoms with Crippen LogP contribution in [0.4, 0.5) is 11.9 Å². The van der Waals surface area contributed by atoms with Crippen LogP contribution >= 0.6 is 7.60 Å². The van der Waals surface area contributed by atoms with Gasteiger partial charge in [-0.15, -0.1) is 0 Å². The number of anilines is 2. The van der Waals surface area contributed by atoms with Gasteiger partial charge < -0.3 is 29.9 Å². The normalized spacial score (nSPS) is 24.6. The fraction of sp³-hybridized carbons (Fsp3) is 0.927. The minimum Gasteiger partial charge on any atom is -0.351 e. The first-order chi connectivity index (χ1) is 24.3. The highest BCUT2D eigenvalue weighted by Gasteiger charge is 2.48. The second kappa shape index (κ2) is 16.6. The smallest absolute Gasteiger partial charge is 0.351 e. The number of unbranched alkanes of at least 4 members (excludes halogenated alkanes) is 4.